The van der Waals surface area contributed by atoms with Crippen molar-refractivity contribution >= 4 is 21.7 Å². The second kappa shape index (κ2) is 12.7. The Balaban J connectivity index is 0.000000361. The van der Waals surface area contributed by atoms with E-state index in [9.17, 15) is 0 Å². The first-order valence-electron chi connectivity index (χ1n) is 14.5. The molecule has 0 spiro atoms. The van der Waals surface area contributed by atoms with E-state index in [4.69, 9.17) is 4.98 Å². The number of hydrogen-bond acceptors (Lipinski definition) is 1. The van der Waals surface area contributed by atoms with Gasteiger partial charge in [-0.1, -0.05) is 92.8 Å². The first kappa shape index (κ1) is 36.4. The Labute approximate surface area is 263 Å². The summed E-state index contributed by atoms with van der Waals surface area (Å²) in [6, 6.07) is 5.66. The van der Waals surface area contributed by atoms with Gasteiger partial charge in [0.2, 0.25) is 0 Å². The third-order valence-electron chi connectivity index (χ3n) is 9.67. The summed E-state index contributed by atoms with van der Waals surface area (Å²) in [6.45, 7) is 32.3. The molecular formula is C32H56Li2N2Si2. The van der Waals surface area contributed by atoms with E-state index in [2.05, 4.69) is 102 Å². The number of nitrogens with zero attached hydrogens (tertiary/aromatic N) is 1. The van der Waals surface area contributed by atoms with Crippen molar-refractivity contribution in [3.8, 4) is 0 Å². The van der Waals surface area contributed by atoms with Gasteiger partial charge in [-0.2, -0.15) is 27.4 Å². The average Bonchev–Trinajstić information content (AvgIpc) is 3.01. The maximum absolute atomic E-state index is 5.33. The zero-order chi connectivity index (χ0) is 27.4. The Hall–Kier alpha value is 0.379. The maximum atomic E-state index is 5.33. The first-order valence-corrected chi connectivity index (χ1v) is 19.3. The smallest absolute Gasteiger partial charge is 0.665 e. The summed E-state index contributed by atoms with van der Waals surface area (Å²) < 4.78 is 0. The molecule has 204 valence electrons. The molecule has 1 N–H and O–H groups in total. The van der Waals surface area contributed by atoms with Gasteiger partial charge in [0.15, 0.2) is 0 Å². The quantitative estimate of drug-likeness (QED) is 0.463. The molecule has 0 saturated carbocycles. The molecule has 2 fully saturated rings. The first-order chi connectivity index (χ1) is 16.4. The van der Waals surface area contributed by atoms with Crippen LogP contribution in [0.15, 0.2) is 22.3 Å². The van der Waals surface area contributed by atoms with Gasteiger partial charge in [0.1, 0.15) is 8.24 Å². The van der Waals surface area contributed by atoms with E-state index in [1.54, 1.807) is 38.6 Å². The molecule has 2 heterocycles. The summed E-state index contributed by atoms with van der Waals surface area (Å²) in [6.07, 6.45) is 2.82. The molecule has 3 aliphatic rings. The molecule has 1 aliphatic carbocycles. The fraction of sp³-hybridized carbons (Fsp3) is 0.719. The molecule has 38 heavy (non-hydrogen) atoms. The van der Waals surface area contributed by atoms with E-state index >= 15 is 0 Å². The van der Waals surface area contributed by atoms with Gasteiger partial charge in [0, 0.05) is 11.1 Å². The minimum atomic E-state index is -1.53. The molecule has 0 bridgehead atoms. The van der Waals surface area contributed by atoms with Crippen LogP contribution in [0.25, 0.3) is 4.98 Å². The van der Waals surface area contributed by atoms with Crippen LogP contribution in [0.4, 0.5) is 0 Å². The molecule has 4 rings (SSSR count). The minimum absolute atomic E-state index is 0. The van der Waals surface area contributed by atoms with Crippen LogP contribution >= 0.6 is 0 Å². The topological polar surface area (TPSA) is 26.1 Å². The molecule has 0 atom stereocenters. The zero-order valence-electron chi connectivity index (χ0n) is 28.3. The van der Waals surface area contributed by atoms with Gasteiger partial charge in [0.05, 0.1) is 0 Å². The second-order valence-corrected chi connectivity index (χ2v) is 22.4. The maximum Gasteiger partial charge on any atom is 1.00 e. The van der Waals surface area contributed by atoms with Crippen molar-refractivity contribution in [2.75, 3.05) is 0 Å². The normalized spacial score (nSPS) is 20.7. The third kappa shape index (κ3) is 7.05. The summed E-state index contributed by atoms with van der Waals surface area (Å²) >= 11 is 0. The van der Waals surface area contributed by atoms with Crippen molar-refractivity contribution in [2.45, 2.75) is 151 Å². The monoisotopic (exact) mass is 538 g/mol. The molecule has 1 aromatic carbocycles. The molecule has 0 unspecified atom stereocenters. The van der Waals surface area contributed by atoms with Gasteiger partial charge in [-0.05, 0) is 71.7 Å². The summed E-state index contributed by atoms with van der Waals surface area (Å²) in [4.78, 5) is 9.41. The zero-order valence-corrected chi connectivity index (χ0v) is 30.3. The van der Waals surface area contributed by atoms with Gasteiger partial charge in [0.25, 0.3) is 0 Å². The molecule has 2 saturated heterocycles. The van der Waals surface area contributed by atoms with Crippen molar-refractivity contribution in [3.05, 3.63) is 49.5 Å². The number of nitrogens with one attached hydrogen (secondary N) is 1. The molecule has 0 aromatic heterocycles. The Bertz CT molecular complexity index is 1010. The Kier molecular flexibility index (Phi) is 12.2. The van der Waals surface area contributed by atoms with Crippen LogP contribution in [0.5, 0.6) is 0 Å². The van der Waals surface area contributed by atoms with Crippen LogP contribution in [0, 0.1) is 27.7 Å². The van der Waals surface area contributed by atoms with E-state index in [0.29, 0.717) is 0 Å². The largest absolute Gasteiger partial charge is 1.00 e. The van der Waals surface area contributed by atoms with Gasteiger partial charge >= 0.3 is 37.7 Å². The summed E-state index contributed by atoms with van der Waals surface area (Å²) in [5.41, 5.74) is 13.7. The fourth-order valence-electron chi connectivity index (χ4n) is 7.46. The predicted octanol–water partition coefficient (Wildman–Crippen LogP) is 3.16. The van der Waals surface area contributed by atoms with Gasteiger partial charge in [-0.15, -0.1) is 5.54 Å². The predicted molar refractivity (Wildman–Crippen MR) is 167 cm³/mol. The Morgan fingerprint density at radius 3 is 1.34 bits per heavy atom. The second-order valence-electron chi connectivity index (χ2n) is 14.5. The number of rotatable bonds is 4. The van der Waals surface area contributed by atoms with Gasteiger partial charge < -0.3 is 9.96 Å². The third-order valence-corrected chi connectivity index (χ3v) is 20.5. The van der Waals surface area contributed by atoms with E-state index in [1.807, 2.05) is 0 Å². The van der Waals surface area contributed by atoms with E-state index < -0.39 is 16.5 Å². The molecule has 0 radical (unpaired) electrons. The Morgan fingerprint density at radius 1 is 0.684 bits per heavy atom. The van der Waals surface area contributed by atoms with E-state index in [0.717, 1.165) is 5.54 Å². The van der Waals surface area contributed by atoms with Gasteiger partial charge in [-0.25, -0.2) is 0 Å². The van der Waals surface area contributed by atoms with Crippen molar-refractivity contribution in [3.63, 3.8) is 0 Å². The van der Waals surface area contributed by atoms with Crippen LogP contribution in [0.2, 0.25) is 29.7 Å². The Morgan fingerprint density at radius 2 is 1.08 bits per heavy atom. The number of allylic oxidation sites excluding steroid dienone is 4. The van der Waals surface area contributed by atoms with E-state index in [-0.39, 0.29) is 48.8 Å². The molecule has 6 heteroatoms. The average molecular weight is 539 g/mol. The van der Waals surface area contributed by atoms with Gasteiger partial charge in [-0.3, -0.25) is 0 Å². The summed E-state index contributed by atoms with van der Waals surface area (Å²) in [5.74, 6) is 0. The molecule has 0 amide bonds. The fourth-order valence-corrected chi connectivity index (χ4v) is 18.0. The van der Waals surface area contributed by atoms with Crippen LogP contribution in [0.1, 0.15) is 104 Å². The van der Waals surface area contributed by atoms with Crippen molar-refractivity contribution in [1.29, 1.82) is 0 Å². The van der Waals surface area contributed by atoms with Crippen molar-refractivity contribution in [2.24, 2.45) is 0 Å². The summed E-state index contributed by atoms with van der Waals surface area (Å²) in [7, 11) is -2.85. The van der Waals surface area contributed by atoms with Crippen molar-refractivity contribution < 1.29 is 37.7 Å². The van der Waals surface area contributed by atoms with E-state index in [1.165, 1.54) is 48.1 Å². The standard InChI is InChI=1S/C16H29NSi.C16H27NSi.2Li/c2*1-11-12(2)14(4)15(13(11)3)18(9-8-10-18)17-16(5,6)7;;/h15,17H,8-10H2,1-7H3;8-10H2,1-7H3;;/q;-2;2*+1. The summed E-state index contributed by atoms with van der Waals surface area (Å²) in [5, 5.41) is 1.68. The molecule has 1 aromatic rings. The number of hydrogen-bond donors (Lipinski definition) is 1. The van der Waals surface area contributed by atoms with Crippen LogP contribution in [0.3, 0.4) is 0 Å². The molecular weight excluding hydrogens is 482 g/mol. The molecule has 2 aliphatic heterocycles. The minimum Gasteiger partial charge on any atom is -0.665 e. The van der Waals surface area contributed by atoms with Crippen LogP contribution in [-0.4, -0.2) is 27.5 Å². The molecule has 2 nitrogen and oxygen atoms in total. The van der Waals surface area contributed by atoms with Crippen molar-refractivity contribution in [1.82, 2.24) is 4.98 Å². The van der Waals surface area contributed by atoms with Crippen LogP contribution < -0.4 is 47.9 Å². The SMILES string of the molecule is CC1=C(C)C([Si]2(NC(C)(C)C)CCC2)C(C)=C1C.Cc1c(C)c(C)[c-]([Si]2([N-]C(C)(C)C)CCC2)c1C.[Li+].[Li+]. The van der Waals surface area contributed by atoms with Crippen LogP contribution in [-0.2, 0) is 0 Å².